The third-order valence-corrected chi connectivity index (χ3v) is 24.6. The van der Waals surface area contributed by atoms with Crippen LogP contribution in [0.5, 0.6) is 0 Å². The average Bonchev–Trinajstić information content (AvgIpc) is 0.944. The number of thioether (sulfide) groups is 7. The zero-order chi connectivity index (χ0) is 76.0. The minimum atomic E-state index is 0.856. The molecular weight excluding hydrogens is 1390 g/mol. The van der Waals surface area contributed by atoms with E-state index in [1.54, 1.807) is 0 Å². The van der Waals surface area contributed by atoms with Crippen molar-refractivity contribution in [2.24, 2.45) is 5.92 Å². The molecule has 7 aromatic carbocycles. The Labute approximate surface area is 670 Å². The predicted molar refractivity (Wildman–Crippen MR) is 501 cm³/mol. The number of unbranched alkanes of at least 4 members (excludes halogenated alkanes) is 10. The van der Waals surface area contributed by atoms with E-state index in [2.05, 4.69) is 283 Å². The van der Waals surface area contributed by atoms with Gasteiger partial charge in [-0.3, -0.25) is 0 Å². The first-order valence-electron chi connectivity index (χ1n) is 39.0. The number of hydrogen-bond acceptors (Lipinski definition) is 7. The zero-order valence-corrected chi connectivity index (χ0v) is 71.9. The molecule has 0 nitrogen and oxygen atoms in total. The molecule has 0 fully saturated rings. The topological polar surface area (TPSA) is 0 Å². The Morgan fingerprint density at radius 3 is 0.923 bits per heavy atom. The Kier molecular flexibility index (Phi) is 66.4. The highest BCUT2D eigenvalue weighted by atomic mass is 32.2. The van der Waals surface area contributed by atoms with E-state index in [9.17, 15) is 0 Å². The lowest BCUT2D eigenvalue weighted by Crippen LogP contribution is -1.98. The first-order chi connectivity index (χ1) is 51.0. The molecule has 0 saturated heterocycles. The molecule has 1 unspecified atom stereocenters. The second-order valence-corrected chi connectivity index (χ2v) is 33.5. The van der Waals surface area contributed by atoms with E-state index in [4.69, 9.17) is 0 Å². The number of rotatable bonds is 47. The molecule has 7 aromatic rings. The van der Waals surface area contributed by atoms with Crippen molar-refractivity contribution in [2.75, 3.05) is 40.3 Å². The summed E-state index contributed by atoms with van der Waals surface area (Å²) in [7, 11) is 0. The summed E-state index contributed by atoms with van der Waals surface area (Å²) in [5, 5.41) is 0. The molecule has 104 heavy (non-hydrogen) atoms. The van der Waals surface area contributed by atoms with Gasteiger partial charge in [0, 0.05) is 40.3 Å². The maximum atomic E-state index is 3.81. The van der Waals surface area contributed by atoms with Gasteiger partial charge < -0.3 is 0 Å². The van der Waals surface area contributed by atoms with Gasteiger partial charge in [0.05, 0.1) is 0 Å². The Balaban J connectivity index is 0.000000608. The van der Waals surface area contributed by atoms with Crippen LogP contribution in [0.4, 0.5) is 0 Å². The molecule has 0 amide bonds. The minimum absolute atomic E-state index is 0.856. The SMILES string of the molecule is C=Cc1ccc(CSCC(C)CCCCC)cc1.C=Cc1ccc(CSCCCC)cc1.C=Cc1ccc(CSCCCCCC)cc1.C=Cc1cccc(CSCCC)c1.C=Cc1cccc(CSCCCC)c1.C=Cc1cccc(CSCCCCCC)c1.C=Cc1ccccc1CSCCC. The second-order valence-electron chi connectivity index (χ2n) is 25.8. The molecular formula is C97H138S7. The molecule has 0 aliphatic rings. The molecule has 0 saturated carbocycles. The van der Waals surface area contributed by atoms with Crippen LogP contribution in [-0.4, -0.2) is 40.3 Å². The van der Waals surface area contributed by atoms with Gasteiger partial charge in [-0.15, -0.1) is 0 Å². The van der Waals surface area contributed by atoms with Gasteiger partial charge in [-0.05, 0) is 169 Å². The van der Waals surface area contributed by atoms with Crippen LogP contribution in [0, 0.1) is 5.92 Å². The van der Waals surface area contributed by atoms with Crippen molar-refractivity contribution in [1.82, 2.24) is 0 Å². The Bertz CT molecular complexity index is 3190. The van der Waals surface area contributed by atoms with Crippen molar-refractivity contribution in [3.8, 4) is 0 Å². The van der Waals surface area contributed by atoms with E-state index in [-0.39, 0.29) is 0 Å². The maximum absolute atomic E-state index is 3.81. The highest BCUT2D eigenvalue weighted by Crippen LogP contribution is 2.24. The van der Waals surface area contributed by atoms with Crippen molar-refractivity contribution >= 4 is 125 Å². The van der Waals surface area contributed by atoms with E-state index in [0.717, 1.165) is 46.2 Å². The Morgan fingerprint density at radius 2 is 0.577 bits per heavy atom. The highest BCUT2D eigenvalue weighted by molar-refractivity contribution is 7.99. The van der Waals surface area contributed by atoms with E-state index >= 15 is 0 Å². The van der Waals surface area contributed by atoms with E-state index < -0.39 is 0 Å². The molecule has 0 aromatic heterocycles. The summed E-state index contributed by atoms with van der Waals surface area (Å²) < 4.78 is 0. The molecule has 1 atom stereocenters. The van der Waals surface area contributed by atoms with Gasteiger partial charge in [0.1, 0.15) is 0 Å². The first kappa shape index (κ1) is 97.2. The summed E-state index contributed by atoms with van der Waals surface area (Å²) in [5.74, 6) is 17.7. The molecule has 7 heteroatoms. The fourth-order valence-electron chi connectivity index (χ4n) is 9.92. The van der Waals surface area contributed by atoms with E-state index in [0.29, 0.717) is 0 Å². The Morgan fingerprint density at radius 1 is 0.260 bits per heavy atom. The highest BCUT2D eigenvalue weighted by Gasteiger charge is 2.04. The quantitative estimate of drug-likeness (QED) is 0.0344. The lowest BCUT2D eigenvalue weighted by atomic mass is 10.1. The summed E-state index contributed by atoms with van der Waals surface area (Å²) in [4.78, 5) is 0. The largest absolute Gasteiger partial charge is 0.157 e. The van der Waals surface area contributed by atoms with Crippen LogP contribution in [0.1, 0.15) is 249 Å². The molecule has 0 aliphatic carbocycles. The summed E-state index contributed by atoms with van der Waals surface area (Å²) in [6.07, 6.45) is 37.5. The molecule has 0 aliphatic heterocycles. The fraction of sp³-hybridized carbons (Fsp3) is 0.423. The summed E-state index contributed by atoms with van der Waals surface area (Å²) >= 11 is 14.2. The lowest BCUT2D eigenvalue weighted by molar-refractivity contribution is 0.541. The minimum Gasteiger partial charge on any atom is -0.157 e. The second kappa shape index (κ2) is 71.1. The van der Waals surface area contributed by atoms with Crippen LogP contribution in [0.2, 0.25) is 0 Å². The van der Waals surface area contributed by atoms with Gasteiger partial charge in [0.25, 0.3) is 0 Å². The van der Waals surface area contributed by atoms with Gasteiger partial charge in [0.2, 0.25) is 0 Å². The van der Waals surface area contributed by atoms with Crippen LogP contribution >= 0.6 is 82.3 Å². The monoisotopic (exact) mass is 1530 g/mol. The first-order valence-corrected chi connectivity index (χ1v) is 47.1. The van der Waals surface area contributed by atoms with Crippen LogP contribution in [0.25, 0.3) is 42.5 Å². The maximum Gasteiger partial charge on any atom is 0.0190 e. The van der Waals surface area contributed by atoms with Gasteiger partial charge in [0.15, 0.2) is 0 Å². The van der Waals surface area contributed by atoms with Crippen molar-refractivity contribution in [1.29, 1.82) is 0 Å². The van der Waals surface area contributed by atoms with Gasteiger partial charge in [-0.1, -0.05) is 384 Å². The average molecular weight is 1530 g/mol. The third kappa shape index (κ3) is 53.9. The van der Waals surface area contributed by atoms with Gasteiger partial charge in [-0.25, -0.2) is 0 Å². The summed E-state index contributed by atoms with van der Waals surface area (Å²) in [6.45, 7) is 44.5. The van der Waals surface area contributed by atoms with Crippen LogP contribution in [0.3, 0.4) is 0 Å². The molecule has 568 valence electrons. The summed E-state index contributed by atoms with van der Waals surface area (Å²) in [6, 6.07) is 60.3. The van der Waals surface area contributed by atoms with Crippen LogP contribution in [-0.2, 0) is 40.3 Å². The third-order valence-electron chi connectivity index (χ3n) is 16.3. The molecule has 0 N–H and O–H groups in total. The molecule has 0 heterocycles. The standard InChI is InChI=1S/C17H26S.2C15H22S.2C13H18S.2C12H16S/c1-4-6-7-8-15(3)13-18-14-17-11-9-16(5-2)10-12-17;1-3-5-6-7-12-16-13-15-10-8-14(4-2)9-11-15;1-3-5-6-7-11-16-13-15-10-8-9-14(4-2)12-15;1-3-5-10-14-11-13-8-6-12(4-2)7-9-13;1-3-5-9-14-11-13-8-6-7-12(4-2)10-13;1-3-9-13-10-12-8-6-5-7-11(12)4-2;1-3-8-13-10-12-7-5-6-11(4-2)9-12/h5,9-12,15H,2,4,6-8,13-14H2,1,3H3;4,8-11H,2-3,5-7,12-13H2,1H3;4,8-10,12H,2-3,5-7,11,13H2,1H3;4,6-9H,2-3,5,10-11H2,1H3;4,6-8,10H,2-3,5,9,11H2,1H3;4-8H,2-3,9-10H2,1H3;4-7,9H,2-3,8,10H2,1H3. The zero-order valence-electron chi connectivity index (χ0n) is 66.2. The van der Waals surface area contributed by atoms with Crippen LogP contribution < -0.4 is 0 Å². The van der Waals surface area contributed by atoms with Crippen LogP contribution in [0.15, 0.2) is 216 Å². The van der Waals surface area contributed by atoms with Gasteiger partial charge >= 0.3 is 0 Å². The van der Waals surface area contributed by atoms with Crippen molar-refractivity contribution in [2.45, 2.75) is 211 Å². The normalized spacial score (nSPS) is 10.5. The van der Waals surface area contributed by atoms with Crippen molar-refractivity contribution in [3.63, 3.8) is 0 Å². The number of hydrogen-bond donors (Lipinski definition) is 0. The lowest BCUT2D eigenvalue weighted by Gasteiger charge is -2.10. The Hall–Kier alpha value is -4.83. The fourth-order valence-corrected chi connectivity index (χ4v) is 16.9. The molecule has 7 rings (SSSR count). The predicted octanol–water partition coefficient (Wildman–Crippen LogP) is 32.7. The number of benzene rings is 7. The molecule has 0 radical (unpaired) electrons. The van der Waals surface area contributed by atoms with Crippen molar-refractivity contribution in [3.05, 3.63) is 294 Å². The molecule has 0 spiro atoms. The molecule has 0 bridgehead atoms. The van der Waals surface area contributed by atoms with Gasteiger partial charge in [-0.2, -0.15) is 82.3 Å². The van der Waals surface area contributed by atoms with E-state index in [1.807, 2.05) is 113 Å². The van der Waals surface area contributed by atoms with E-state index in [1.165, 1.54) is 234 Å². The summed E-state index contributed by atoms with van der Waals surface area (Å²) in [5.41, 5.74) is 18.4. The van der Waals surface area contributed by atoms with Crippen molar-refractivity contribution < 1.29 is 0 Å². The smallest absolute Gasteiger partial charge is 0.0190 e.